The van der Waals surface area contributed by atoms with Crippen LogP contribution in [0.25, 0.3) is 0 Å². The summed E-state index contributed by atoms with van der Waals surface area (Å²) in [6.45, 7) is 0.297. The number of aryl methyl sites for hydroxylation is 1. The number of alkyl halides is 1. The van der Waals surface area contributed by atoms with Gasteiger partial charge in [0.2, 0.25) is 5.82 Å². The standard InChI is InChI=1S/C13H13ClN4O/c1-18-16-13(15-17-18)10-19-12-7-5-11(6-8-12)4-2-3-9-14/h5-8H,3,9-10H2,1H3. The van der Waals surface area contributed by atoms with E-state index in [9.17, 15) is 0 Å². The second kappa shape index (κ2) is 6.76. The number of hydrogen-bond acceptors (Lipinski definition) is 4. The van der Waals surface area contributed by atoms with E-state index >= 15 is 0 Å². The van der Waals surface area contributed by atoms with E-state index in [2.05, 4.69) is 27.3 Å². The van der Waals surface area contributed by atoms with Gasteiger partial charge in [-0.15, -0.1) is 21.8 Å². The van der Waals surface area contributed by atoms with Crippen molar-refractivity contribution in [2.45, 2.75) is 13.0 Å². The van der Waals surface area contributed by atoms with E-state index in [1.165, 1.54) is 4.80 Å². The van der Waals surface area contributed by atoms with Gasteiger partial charge in [0.15, 0.2) is 6.61 Å². The zero-order valence-electron chi connectivity index (χ0n) is 10.5. The first-order valence-electron chi connectivity index (χ1n) is 5.78. The lowest BCUT2D eigenvalue weighted by Gasteiger charge is -2.02. The van der Waals surface area contributed by atoms with E-state index in [0.29, 0.717) is 24.7 Å². The van der Waals surface area contributed by atoms with Crippen LogP contribution in [0.1, 0.15) is 17.8 Å². The van der Waals surface area contributed by atoms with Crippen LogP contribution in [-0.2, 0) is 13.7 Å². The van der Waals surface area contributed by atoms with E-state index in [1.807, 2.05) is 24.3 Å². The number of hydrogen-bond donors (Lipinski definition) is 0. The van der Waals surface area contributed by atoms with Crippen molar-refractivity contribution < 1.29 is 4.74 Å². The minimum absolute atomic E-state index is 0.297. The predicted molar refractivity (Wildman–Crippen MR) is 71.8 cm³/mol. The Balaban J connectivity index is 1.90. The van der Waals surface area contributed by atoms with Gasteiger partial charge in [-0.25, -0.2) is 0 Å². The van der Waals surface area contributed by atoms with Gasteiger partial charge < -0.3 is 4.74 Å². The molecule has 2 aromatic rings. The van der Waals surface area contributed by atoms with Gasteiger partial charge in [0, 0.05) is 17.9 Å². The Labute approximate surface area is 116 Å². The van der Waals surface area contributed by atoms with Crippen LogP contribution in [0.3, 0.4) is 0 Å². The molecule has 0 N–H and O–H groups in total. The van der Waals surface area contributed by atoms with Crippen molar-refractivity contribution in [1.82, 2.24) is 20.2 Å². The third-order valence-electron chi connectivity index (χ3n) is 2.22. The molecule has 0 saturated heterocycles. The van der Waals surface area contributed by atoms with Gasteiger partial charge >= 0.3 is 0 Å². The maximum atomic E-state index is 5.55. The normalized spacial score (nSPS) is 9.79. The van der Waals surface area contributed by atoms with Crippen molar-refractivity contribution >= 4 is 11.6 Å². The number of benzene rings is 1. The number of tetrazole rings is 1. The highest BCUT2D eigenvalue weighted by Crippen LogP contribution is 2.12. The molecule has 0 unspecified atom stereocenters. The van der Waals surface area contributed by atoms with E-state index in [1.54, 1.807) is 7.05 Å². The lowest BCUT2D eigenvalue weighted by atomic mass is 10.2. The van der Waals surface area contributed by atoms with Crippen molar-refractivity contribution in [3.8, 4) is 17.6 Å². The van der Waals surface area contributed by atoms with E-state index in [4.69, 9.17) is 16.3 Å². The van der Waals surface area contributed by atoms with Gasteiger partial charge in [0.05, 0.1) is 7.05 Å². The summed E-state index contributed by atoms with van der Waals surface area (Å²) in [5, 5.41) is 11.6. The van der Waals surface area contributed by atoms with Gasteiger partial charge in [-0.05, 0) is 29.5 Å². The molecule has 2 rings (SSSR count). The molecule has 0 spiro atoms. The highest BCUT2D eigenvalue weighted by Gasteiger charge is 2.01. The number of rotatable bonds is 4. The second-order valence-electron chi connectivity index (χ2n) is 3.75. The summed E-state index contributed by atoms with van der Waals surface area (Å²) < 4.78 is 5.54. The molecule has 0 bridgehead atoms. The summed E-state index contributed by atoms with van der Waals surface area (Å²) in [5.41, 5.74) is 0.940. The summed E-state index contributed by atoms with van der Waals surface area (Å²) in [6.07, 6.45) is 0.693. The molecule has 19 heavy (non-hydrogen) atoms. The molecule has 1 aromatic heterocycles. The van der Waals surface area contributed by atoms with E-state index in [-0.39, 0.29) is 0 Å². The molecule has 0 saturated carbocycles. The fourth-order valence-corrected chi connectivity index (χ4v) is 1.47. The molecule has 0 aliphatic heterocycles. The summed E-state index contributed by atoms with van der Waals surface area (Å²) in [5.74, 6) is 7.85. The lowest BCUT2D eigenvalue weighted by molar-refractivity contribution is 0.295. The summed E-state index contributed by atoms with van der Waals surface area (Å²) in [6, 6.07) is 7.53. The first kappa shape index (κ1) is 13.4. The van der Waals surface area contributed by atoms with Crippen LogP contribution in [0, 0.1) is 11.8 Å². The highest BCUT2D eigenvalue weighted by atomic mass is 35.5. The second-order valence-corrected chi connectivity index (χ2v) is 4.13. The van der Waals surface area contributed by atoms with Crippen LogP contribution in [0.15, 0.2) is 24.3 Å². The summed E-state index contributed by atoms with van der Waals surface area (Å²) >= 11 is 5.55. The third-order valence-corrected chi connectivity index (χ3v) is 2.41. The van der Waals surface area contributed by atoms with Gasteiger partial charge in [-0.1, -0.05) is 11.8 Å². The molecule has 0 aliphatic rings. The monoisotopic (exact) mass is 276 g/mol. The average Bonchev–Trinajstić information content (AvgIpc) is 2.84. The van der Waals surface area contributed by atoms with Crippen LogP contribution < -0.4 is 4.74 Å². The molecule has 0 radical (unpaired) electrons. The lowest BCUT2D eigenvalue weighted by Crippen LogP contribution is -1.99. The highest BCUT2D eigenvalue weighted by molar-refractivity contribution is 6.18. The molecule has 0 atom stereocenters. The van der Waals surface area contributed by atoms with Crippen LogP contribution in [0.5, 0.6) is 5.75 Å². The van der Waals surface area contributed by atoms with Gasteiger partial charge in [-0.3, -0.25) is 0 Å². The smallest absolute Gasteiger partial charge is 0.212 e. The number of aromatic nitrogens is 4. The van der Waals surface area contributed by atoms with Crippen LogP contribution in [0.2, 0.25) is 0 Å². The molecule has 0 amide bonds. The molecule has 1 heterocycles. The number of ether oxygens (including phenoxy) is 1. The van der Waals surface area contributed by atoms with Gasteiger partial charge in [0.25, 0.3) is 0 Å². The summed E-state index contributed by atoms with van der Waals surface area (Å²) in [7, 11) is 1.71. The SMILES string of the molecule is Cn1nnc(COc2ccc(C#CCCCl)cc2)n1. The fraction of sp³-hybridized carbons (Fsp3) is 0.308. The fourth-order valence-electron chi connectivity index (χ4n) is 1.38. The molecule has 0 aliphatic carbocycles. The Bertz CT molecular complexity index is 583. The Morgan fingerprint density at radius 1 is 1.32 bits per heavy atom. The topological polar surface area (TPSA) is 52.8 Å². The van der Waals surface area contributed by atoms with Crippen LogP contribution in [-0.4, -0.2) is 26.1 Å². The zero-order valence-corrected chi connectivity index (χ0v) is 11.3. The first-order valence-corrected chi connectivity index (χ1v) is 6.32. The molecule has 0 fully saturated rings. The number of halogens is 1. The Morgan fingerprint density at radius 2 is 2.11 bits per heavy atom. The quantitative estimate of drug-likeness (QED) is 0.631. The largest absolute Gasteiger partial charge is 0.485 e. The van der Waals surface area contributed by atoms with Crippen LogP contribution in [0.4, 0.5) is 0 Å². The zero-order chi connectivity index (χ0) is 13.5. The van der Waals surface area contributed by atoms with E-state index in [0.717, 1.165) is 11.3 Å². The molecule has 5 nitrogen and oxygen atoms in total. The van der Waals surface area contributed by atoms with Crippen molar-refractivity contribution in [2.24, 2.45) is 7.05 Å². The molecule has 1 aromatic carbocycles. The van der Waals surface area contributed by atoms with Crippen molar-refractivity contribution in [2.75, 3.05) is 5.88 Å². The summed E-state index contributed by atoms with van der Waals surface area (Å²) in [4.78, 5) is 1.40. The molecular formula is C13H13ClN4O. The maximum absolute atomic E-state index is 5.55. The number of nitrogens with zero attached hydrogens (tertiary/aromatic N) is 4. The Hall–Kier alpha value is -2.06. The van der Waals surface area contributed by atoms with Crippen molar-refractivity contribution in [3.05, 3.63) is 35.7 Å². The van der Waals surface area contributed by atoms with Crippen LogP contribution >= 0.6 is 11.6 Å². The first-order chi connectivity index (χ1) is 9.28. The Morgan fingerprint density at radius 3 is 2.74 bits per heavy atom. The molecule has 98 valence electrons. The third kappa shape index (κ3) is 4.27. The van der Waals surface area contributed by atoms with Gasteiger partial charge in [0.1, 0.15) is 5.75 Å². The minimum Gasteiger partial charge on any atom is -0.485 e. The molecule has 6 heteroatoms. The predicted octanol–water partition coefficient (Wildman–Crippen LogP) is 1.77. The average molecular weight is 277 g/mol. The van der Waals surface area contributed by atoms with E-state index < -0.39 is 0 Å². The van der Waals surface area contributed by atoms with Crippen molar-refractivity contribution in [3.63, 3.8) is 0 Å². The van der Waals surface area contributed by atoms with Crippen molar-refractivity contribution in [1.29, 1.82) is 0 Å². The Kier molecular flexibility index (Phi) is 4.76. The minimum atomic E-state index is 0.297. The van der Waals surface area contributed by atoms with Gasteiger partial charge in [-0.2, -0.15) is 4.80 Å². The molecular weight excluding hydrogens is 264 g/mol. The maximum Gasteiger partial charge on any atom is 0.212 e.